The fourth-order valence-corrected chi connectivity index (χ4v) is 1.69. The minimum atomic E-state index is -0.183. The molecule has 0 aliphatic rings. The zero-order valence-electron chi connectivity index (χ0n) is 11.5. The fraction of sp³-hybridized carbons (Fsp3) is 0.917. The second kappa shape index (κ2) is 9.39. The molecule has 0 fully saturated rings. The van der Waals surface area contributed by atoms with Gasteiger partial charge in [-0.15, -0.1) is 0 Å². The van der Waals surface area contributed by atoms with Crippen molar-refractivity contribution in [1.29, 1.82) is 0 Å². The number of methoxy groups -OCH3 is 1. The lowest BCUT2D eigenvalue weighted by Gasteiger charge is -2.25. The van der Waals surface area contributed by atoms with Crippen molar-refractivity contribution in [3.63, 3.8) is 0 Å². The van der Waals surface area contributed by atoms with Crippen LogP contribution in [0.15, 0.2) is 0 Å². The first kappa shape index (κ1) is 16.4. The van der Waals surface area contributed by atoms with Crippen molar-refractivity contribution < 1.29 is 9.53 Å². The molecule has 2 atom stereocenters. The molecule has 3 N–H and O–H groups in total. The lowest BCUT2D eigenvalue weighted by atomic mass is 10.1. The maximum Gasteiger partial charge on any atom is 0.239 e. The summed E-state index contributed by atoms with van der Waals surface area (Å²) in [7, 11) is 3.48. The number of ether oxygens (including phenoxy) is 1. The SMILES string of the molecule is CCN(C)C(=O)C(C)NC(CCCN)COC. The Morgan fingerprint density at radius 3 is 2.65 bits per heavy atom. The predicted molar refractivity (Wildman–Crippen MR) is 69.9 cm³/mol. The molecule has 0 saturated heterocycles. The van der Waals surface area contributed by atoms with Crippen molar-refractivity contribution in [2.45, 2.75) is 38.8 Å². The van der Waals surface area contributed by atoms with Crippen LogP contribution in [-0.2, 0) is 9.53 Å². The highest BCUT2D eigenvalue weighted by atomic mass is 16.5. The van der Waals surface area contributed by atoms with Crippen LogP contribution in [0.3, 0.4) is 0 Å². The Bertz CT molecular complexity index is 212. The van der Waals surface area contributed by atoms with E-state index >= 15 is 0 Å². The first-order chi connectivity index (χ1) is 8.06. The Morgan fingerprint density at radius 1 is 1.53 bits per heavy atom. The molecule has 0 aromatic rings. The normalized spacial score (nSPS) is 14.4. The van der Waals surface area contributed by atoms with Gasteiger partial charge in [0.25, 0.3) is 0 Å². The number of nitrogens with two attached hydrogens (primary N) is 1. The highest BCUT2D eigenvalue weighted by molar-refractivity contribution is 5.81. The lowest BCUT2D eigenvalue weighted by Crippen LogP contribution is -2.48. The number of hydrogen-bond acceptors (Lipinski definition) is 4. The second-order valence-corrected chi connectivity index (χ2v) is 4.32. The van der Waals surface area contributed by atoms with E-state index < -0.39 is 0 Å². The number of rotatable bonds is 9. The molecule has 5 heteroatoms. The van der Waals surface area contributed by atoms with Crippen LogP contribution < -0.4 is 11.1 Å². The topological polar surface area (TPSA) is 67.6 Å². The fourth-order valence-electron chi connectivity index (χ4n) is 1.69. The number of likely N-dealkylation sites (N-methyl/N-ethyl adjacent to an activating group) is 1. The van der Waals surface area contributed by atoms with Gasteiger partial charge < -0.3 is 20.7 Å². The van der Waals surface area contributed by atoms with E-state index in [9.17, 15) is 4.79 Å². The van der Waals surface area contributed by atoms with Crippen LogP contribution in [0.5, 0.6) is 0 Å². The van der Waals surface area contributed by atoms with Crippen molar-refractivity contribution in [2.75, 3.05) is 33.9 Å². The highest BCUT2D eigenvalue weighted by Gasteiger charge is 2.19. The molecule has 0 aliphatic carbocycles. The van der Waals surface area contributed by atoms with Gasteiger partial charge in [-0.1, -0.05) is 0 Å². The molecule has 1 amide bonds. The van der Waals surface area contributed by atoms with Crippen LogP contribution in [0, 0.1) is 0 Å². The van der Waals surface area contributed by atoms with E-state index in [-0.39, 0.29) is 18.0 Å². The third-order valence-electron chi connectivity index (χ3n) is 2.83. The van der Waals surface area contributed by atoms with Crippen LogP contribution in [0.2, 0.25) is 0 Å². The van der Waals surface area contributed by atoms with Crippen LogP contribution >= 0.6 is 0 Å². The van der Waals surface area contributed by atoms with E-state index in [4.69, 9.17) is 10.5 Å². The minimum absolute atomic E-state index is 0.112. The van der Waals surface area contributed by atoms with Crippen molar-refractivity contribution >= 4 is 5.91 Å². The molecular formula is C12H27N3O2. The number of carbonyl (C=O) groups excluding carboxylic acids is 1. The van der Waals surface area contributed by atoms with Crippen LogP contribution in [0.25, 0.3) is 0 Å². The van der Waals surface area contributed by atoms with Crippen molar-refractivity contribution in [3.05, 3.63) is 0 Å². The molecule has 0 rings (SSSR count). The van der Waals surface area contributed by atoms with Gasteiger partial charge in [-0.05, 0) is 33.2 Å². The van der Waals surface area contributed by atoms with Gasteiger partial charge in [-0.2, -0.15) is 0 Å². The maximum absolute atomic E-state index is 11.9. The quantitative estimate of drug-likeness (QED) is 0.609. The molecule has 0 bridgehead atoms. The Kier molecular flexibility index (Phi) is 9.03. The van der Waals surface area contributed by atoms with Gasteiger partial charge in [0.2, 0.25) is 5.91 Å². The maximum atomic E-state index is 11.9. The van der Waals surface area contributed by atoms with Gasteiger partial charge in [0.05, 0.1) is 12.6 Å². The molecule has 0 heterocycles. The van der Waals surface area contributed by atoms with E-state index in [1.807, 2.05) is 20.9 Å². The van der Waals surface area contributed by atoms with Crippen LogP contribution in [0.1, 0.15) is 26.7 Å². The summed E-state index contributed by atoms with van der Waals surface area (Å²) in [5.74, 6) is 0.112. The van der Waals surface area contributed by atoms with Crippen LogP contribution in [-0.4, -0.2) is 56.7 Å². The second-order valence-electron chi connectivity index (χ2n) is 4.32. The molecule has 17 heavy (non-hydrogen) atoms. The Balaban J connectivity index is 4.18. The Hall–Kier alpha value is -0.650. The molecule has 102 valence electrons. The molecule has 0 saturated carbocycles. The number of carbonyl (C=O) groups is 1. The molecular weight excluding hydrogens is 218 g/mol. The van der Waals surface area contributed by atoms with E-state index in [1.165, 1.54) is 0 Å². The average molecular weight is 245 g/mol. The summed E-state index contributed by atoms with van der Waals surface area (Å²) < 4.78 is 5.14. The molecule has 0 aromatic carbocycles. The van der Waals surface area contributed by atoms with E-state index in [0.29, 0.717) is 13.2 Å². The summed E-state index contributed by atoms with van der Waals surface area (Å²) in [5.41, 5.74) is 5.49. The largest absolute Gasteiger partial charge is 0.383 e. The highest BCUT2D eigenvalue weighted by Crippen LogP contribution is 2.01. The summed E-state index contributed by atoms with van der Waals surface area (Å²) in [4.78, 5) is 13.6. The first-order valence-electron chi connectivity index (χ1n) is 6.26. The predicted octanol–water partition coefficient (Wildman–Crippen LogP) is 0.197. The van der Waals surface area contributed by atoms with Gasteiger partial charge >= 0.3 is 0 Å². The van der Waals surface area contributed by atoms with E-state index in [2.05, 4.69) is 5.32 Å². The third-order valence-corrected chi connectivity index (χ3v) is 2.83. The lowest BCUT2D eigenvalue weighted by molar-refractivity contribution is -0.131. The molecule has 5 nitrogen and oxygen atoms in total. The standard InChI is InChI=1S/C12H27N3O2/c1-5-15(3)12(16)10(2)14-11(9-17-4)7-6-8-13/h10-11,14H,5-9,13H2,1-4H3. The van der Waals surface area contributed by atoms with Gasteiger partial charge in [-0.3, -0.25) is 4.79 Å². The van der Waals surface area contributed by atoms with Gasteiger partial charge in [0.15, 0.2) is 0 Å². The molecule has 0 radical (unpaired) electrons. The third kappa shape index (κ3) is 6.61. The Morgan fingerprint density at radius 2 is 2.18 bits per heavy atom. The summed E-state index contributed by atoms with van der Waals surface area (Å²) >= 11 is 0. The summed E-state index contributed by atoms with van der Waals surface area (Å²) in [5, 5.41) is 3.30. The summed E-state index contributed by atoms with van der Waals surface area (Å²) in [6, 6.07) is 0.00521. The van der Waals surface area contributed by atoms with Crippen molar-refractivity contribution in [1.82, 2.24) is 10.2 Å². The van der Waals surface area contributed by atoms with E-state index in [1.54, 1.807) is 12.0 Å². The molecule has 0 aliphatic heterocycles. The molecule has 2 unspecified atom stereocenters. The van der Waals surface area contributed by atoms with Crippen molar-refractivity contribution in [3.8, 4) is 0 Å². The van der Waals surface area contributed by atoms with Gasteiger partial charge in [-0.25, -0.2) is 0 Å². The van der Waals surface area contributed by atoms with Gasteiger partial charge in [0.1, 0.15) is 0 Å². The molecule has 0 spiro atoms. The van der Waals surface area contributed by atoms with Gasteiger partial charge in [0, 0.05) is 26.7 Å². The van der Waals surface area contributed by atoms with E-state index in [0.717, 1.165) is 19.4 Å². The smallest absolute Gasteiger partial charge is 0.239 e. The monoisotopic (exact) mass is 245 g/mol. The zero-order chi connectivity index (χ0) is 13.3. The summed E-state index contributed by atoms with van der Waals surface area (Å²) in [6.45, 7) is 5.85. The summed E-state index contributed by atoms with van der Waals surface area (Å²) in [6.07, 6.45) is 1.86. The number of nitrogens with zero attached hydrogens (tertiary/aromatic N) is 1. The average Bonchev–Trinajstić information content (AvgIpc) is 2.34. The number of amides is 1. The zero-order valence-corrected chi connectivity index (χ0v) is 11.5. The van der Waals surface area contributed by atoms with Crippen molar-refractivity contribution in [2.24, 2.45) is 5.73 Å². The number of hydrogen-bond donors (Lipinski definition) is 2. The molecule has 0 aromatic heterocycles. The van der Waals surface area contributed by atoms with Crippen LogP contribution in [0.4, 0.5) is 0 Å². The first-order valence-corrected chi connectivity index (χ1v) is 6.26. The Labute approximate surface area is 105 Å². The minimum Gasteiger partial charge on any atom is -0.383 e. The number of nitrogens with one attached hydrogen (secondary N) is 1.